The summed E-state index contributed by atoms with van der Waals surface area (Å²) in [5.41, 5.74) is 2.20. The van der Waals surface area contributed by atoms with Gasteiger partial charge >= 0.3 is 11.8 Å². The summed E-state index contributed by atoms with van der Waals surface area (Å²) in [6, 6.07) is 11.7. The lowest BCUT2D eigenvalue weighted by molar-refractivity contribution is 0.0907. The molecule has 6 heteroatoms. The first-order chi connectivity index (χ1) is 10.2. The highest BCUT2D eigenvalue weighted by Gasteiger charge is 2.16. The standard InChI is InChI=1S/C15H13N3O2S/c1-10-4-6-11(7-5-10)9-16-14(19)15-17-13(18-20-15)12-3-2-8-21-12/h2-8H,9H2,1H3,(H,16,19). The fraction of sp³-hybridized carbons (Fsp3) is 0.133. The number of nitrogens with zero attached hydrogens (tertiary/aromatic N) is 2. The minimum Gasteiger partial charge on any atom is -0.344 e. The number of rotatable bonds is 4. The highest BCUT2D eigenvalue weighted by atomic mass is 32.1. The average molecular weight is 299 g/mol. The second-order valence-electron chi connectivity index (χ2n) is 4.57. The van der Waals surface area contributed by atoms with E-state index >= 15 is 0 Å². The Hall–Kier alpha value is -2.47. The first kappa shape index (κ1) is 13.5. The molecule has 0 aliphatic heterocycles. The van der Waals surface area contributed by atoms with E-state index in [0.717, 1.165) is 10.4 Å². The van der Waals surface area contributed by atoms with Crippen LogP contribution < -0.4 is 5.32 Å². The summed E-state index contributed by atoms with van der Waals surface area (Å²) < 4.78 is 4.99. The zero-order valence-corrected chi connectivity index (χ0v) is 12.2. The van der Waals surface area contributed by atoms with E-state index in [1.54, 1.807) is 0 Å². The van der Waals surface area contributed by atoms with E-state index in [9.17, 15) is 4.79 Å². The molecule has 0 aliphatic carbocycles. The molecular formula is C15H13N3O2S. The van der Waals surface area contributed by atoms with E-state index in [0.29, 0.717) is 12.4 Å². The van der Waals surface area contributed by atoms with Crippen LogP contribution in [-0.4, -0.2) is 16.0 Å². The SMILES string of the molecule is Cc1ccc(CNC(=O)c2nc(-c3cccs3)no2)cc1. The number of nitrogens with one attached hydrogen (secondary N) is 1. The third kappa shape index (κ3) is 3.17. The molecule has 3 rings (SSSR count). The second kappa shape index (κ2) is 5.88. The van der Waals surface area contributed by atoms with E-state index in [-0.39, 0.29) is 11.8 Å². The largest absolute Gasteiger partial charge is 0.344 e. The topological polar surface area (TPSA) is 68.0 Å². The number of hydrogen-bond acceptors (Lipinski definition) is 5. The summed E-state index contributed by atoms with van der Waals surface area (Å²) in [5.74, 6) is 0.0434. The molecule has 1 aromatic carbocycles. The minimum atomic E-state index is -0.370. The summed E-state index contributed by atoms with van der Waals surface area (Å²) in [6.45, 7) is 2.45. The Morgan fingerprint density at radius 3 is 2.81 bits per heavy atom. The Bertz CT molecular complexity index is 733. The maximum Gasteiger partial charge on any atom is 0.316 e. The van der Waals surface area contributed by atoms with Crippen molar-refractivity contribution in [3.63, 3.8) is 0 Å². The van der Waals surface area contributed by atoms with Crippen LogP contribution >= 0.6 is 11.3 Å². The van der Waals surface area contributed by atoms with Gasteiger partial charge in [0, 0.05) is 6.54 Å². The van der Waals surface area contributed by atoms with Gasteiger partial charge in [0.05, 0.1) is 4.88 Å². The van der Waals surface area contributed by atoms with Crippen LogP contribution in [0.3, 0.4) is 0 Å². The van der Waals surface area contributed by atoms with Crippen LogP contribution in [-0.2, 0) is 6.54 Å². The number of thiophene rings is 1. The molecule has 106 valence electrons. The predicted molar refractivity (Wildman–Crippen MR) is 80.0 cm³/mol. The Labute approximate surface area is 125 Å². The zero-order valence-electron chi connectivity index (χ0n) is 11.4. The van der Waals surface area contributed by atoms with E-state index in [1.807, 2.05) is 48.7 Å². The van der Waals surface area contributed by atoms with Gasteiger partial charge in [-0.25, -0.2) is 0 Å². The summed E-state index contributed by atoms with van der Waals surface area (Å²) in [4.78, 5) is 16.9. The molecule has 0 atom stereocenters. The van der Waals surface area contributed by atoms with E-state index in [1.165, 1.54) is 16.9 Å². The van der Waals surface area contributed by atoms with Crippen molar-refractivity contribution in [2.24, 2.45) is 0 Å². The van der Waals surface area contributed by atoms with E-state index in [2.05, 4.69) is 15.5 Å². The summed E-state index contributed by atoms with van der Waals surface area (Å²) in [7, 11) is 0. The van der Waals surface area contributed by atoms with Crippen LogP contribution in [0.2, 0.25) is 0 Å². The molecule has 2 heterocycles. The summed E-state index contributed by atoms with van der Waals surface area (Å²) in [6.07, 6.45) is 0. The van der Waals surface area contributed by atoms with Gasteiger partial charge in [0.25, 0.3) is 0 Å². The molecule has 21 heavy (non-hydrogen) atoms. The Morgan fingerprint density at radius 1 is 1.29 bits per heavy atom. The predicted octanol–water partition coefficient (Wildman–Crippen LogP) is 3.04. The molecule has 0 aliphatic rings. The van der Waals surface area contributed by atoms with Crippen LogP contribution in [0.25, 0.3) is 10.7 Å². The molecule has 0 radical (unpaired) electrons. The normalized spacial score (nSPS) is 10.5. The molecule has 0 saturated carbocycles. The van der Waals surface area contributed by atoms with Gasteiger partial charge in [0.2, 0.25) is 5.82 Å². The van der Waals surface area contributed by atoms with Crippen molar-refractivity contribution in [3.8, 4) is 10.7 Å². The third-order valence-electron chi connectivity index (χ3n) is 2.94. The van der Waals surface area contributed by atoms with Crippen LogP contribution in [0.4, 0.5) is 0 Å². The van der Waals surface area contributed by atoms with E-state index in [4.69, 9.17) is 4.52 Å². The Morgan fingerprint density at radius 2 is 2.10 bits per heavy atom. The zero-order chi connectivity index (χ0) is 14.7. The summed E-state index contributed by atoms with van der Waals surface area (Å²) in [5, 5.41) is 8.49. The van der Waals surface area contributed by atoms with Gasteiger partial charge in [0.15, 0.2) is 0 Å². The highest BCUT2D eigenvalue weighted by molar-refractivity contribution is 7.13. The van der Waals surface area contributed by atoms with Gasteiger partial charge in [-0.2, -0.15) is 4.98 Å². The number of carbonyl (C=O) groups excluding carboxylic acids is 1. The van der Waals surface area contributed by atoms with Gasteiger partial charge in [-0.1, -0.05) is 41.1 Å². The fourth-order valence-corrected chi connectivity index (χ4v) is 2.43. The molecule has 0 bridgehead atoms. The fourth-order valence-electron chi connectivity index (χ4n) is 1.79. The number of aryl methyl sites for hydroxylation is 1. The first-order valence-electron chi connectivity index (χ1n) is 6.44. The smallest absolute Gasteiger partial charge is 0.316 e. The van der Waals surface area contributed by atoms with Gasteiger partial charge in [-0.3, -0.25) is 4.79 Å². The number of amides is 1. The quantitative estimate of drug-likeness (QED) is 0.804. The van der Waals surface area contributed by atoms with Crippen LogP contribution in [0, 0.1) is 6.92 Å². The van der Waals surface area contributed by atoms with E-state index < -0.39 is 0 Å². The number of benzene rings is 1. The number of hydrogen-bond donors (Lipinski definition) is 1. The molecule has 0 saturated heterocycles. The van der Waals surface area contributed by atoms with Crippen molar-refractivity contribution in [2.45, 2.75) is 13.5 Å². The van der Waals surface area contributed by atoms with Crippen molar-refractivity contribution >= 4 is 17.2 Å². The molecule has 3 aromatic rings. The van der Waals surface area contributed by atoms with Crippen LogP contribution in [0.5, 0.6) is 0 Å². The Balaban J connectivity index is 1.64. The van der Waals surface area contributed by atoms with Crippen molar-refractivity contribution in [2.75, 3.05) is 0 Å². The Kier molecular flexibility index (Phi) is 3.79. The lowest BCUT2D eigenvalue weighted by atomic mass is 10.1. The molecule has 1 amide bonds. The maximum absolute atomic E-state index is 12.0. The highest BCUT2D eigenvalue weighted by Crippen LogP contribution is 2.21. The average Bonchev–Trinajstić information content (AvgIpc) is 3.17. The molecule has 0 fully saturated rings. The van der Waals surface area contributed by atoms with Gasteiger partial charge in [-0.15, -0.1) is 11.3 Å². The maximum atomic E-state index is 12.0. The lowest BCUT2D eigenvalue weighted by Gasteiger charge is -2.02. The van der Waals surface area contributed by atoms with Crippen molar-refractivity contribution < 1.29 is 9.32 Å². The number of aromatic nitrogens is 2. The molecule has 1 N–H and O–H groups in total. The molecule has 2 aromatic heterocycles. The molecular weight excluding hydrogens is 286 g/mol. The number of carbonyl (C=O) groups is 1. The monoisotopic (exact) mass is 299 g/mol. The lowest BCUT2D eigenvalue weighted by Crippen LogP contribution is -2.23. The molecule has 0 spiro atoms. The van der Waals surface area contributed by atoms with Crippen molar-refractivity contribution in [1.82, 2.24) is 15.5 Å². The third-order valence-corrected chi connectivity index (χ3v) is 3.80. The van der Waals surface area contributed by atoms with Gasteiger partial charge in [0.1, 0.15) is 0 Å². The van der Waals surface area contributed by atoms with Gasteiger partial charge < -0.3 is 9.84 Å². The van der Waals surface area contributed by atoms with Crippen molar-refractivity contribution in [1.29, 1.82) is 0 Å². The van der Waals surface area contributed by atoms with Crippen LogP contribution in [0.1, 0.15) is 21.8 Å². The summed E-state index contributed by atoms with van der Waals surface area (Å²) >= 11 is 1.50. The van der Waals surface area contributed by atoms with Gasteiger partial charge in [-0.05, 0) is 23.9 Å². The molecule has 5 nitrogen and oxygen atoms in total. The second-order valence-corrected chi connectivity index (χ2v) is 5.52. The first-order valence-corrected chi connectivity index (χ1v) is 7.31. The van der Waals surface area contributed by atoms with Crippen LogP contribution in [0.15, 0.2) is 46.3 Å². The minimum absolute atomic E-state index is 0.0227. The molecule has 0 unspecified atom stereocenters. The van der Waals surface area contributed by atoms with Crippen molar-refractivity contribution in [3.05, 3.63) is 58.8 Å².